The van der Waals surface area contributed by atoms with Gasteiger partial charge in [-0.1, -0.05) is 19.1 Å². The van der Waals surface area contributed by atoms with E-state index in [9.17, 15) is 0 Å². The summed E-state index contributed by atoms with van der Waals surface area (Å²) < 4.78 is 0. The number of likely N-dealkylation sites (tertiary alicyclic amines) is 1. The van der Waals surface area contributed by atoms with Crippen molar-refractivity contribution in [3.05, 3.63) is 41.6 Å². The zero-order chi connectivity index (χ0) is 14.1. The summed E-state index contributed by atoms with van der Waals surface area (Å²) in [6.07, 6.45) is 1.11. The number of piperidine rings is 1. The Hall–Kier alpha value is -1.45. The highest BCUT2D eigenvalue weighted by Crippen LogP contribution is 2.20. The Labute approximate surface area is 120 Å². The zero-order valence-corrected chi connectivity index (χ0v) is 12.3. The van der Waals surface area contributed by atoms with Crippen molar-refractivity contribution in [2.45, 2.75) is 32.9 Å². The SMILES string of the molecule is Cc1ccc2cc(CN3CCC(N)C(C)C3)ccc2n1. The maximum atomic E-state index is 6.09. The van der Waals surface area contributed by atoms with E-state index in [1.807, 2.05) is 6.92 Å². The van der Waals surface area contributed by atoms with Gasteiger partial charge in [-0.25, -0.2) is 0 Å². The molecule has 20 heavy (non-hydrogen) atoms. The van der Waals surface area contributed by atoms with Crippen LogP contribution in [0.3, 0.4) is 0 Å². The molecule has 1 aliphatic heterocycles. The maximum Gasteiger partial charge on any atom is 0.0705 e. The lowest BCUT2D eigenvalue weighted by molar-refractivity contribution is 0.158. The first-order valence-corrected chi connectivity index (χ1v) is 7.46. The van der Waals surface area contributed by atoms with Crippen LogP contribution in [-0.2, 0) is 6.54 Å². The van der Waals surface area contributed by atoms with E-state index in [4.69, 9.17) is 5.73 Å². The summed E-state index contributed by atoms with van der Waals surface area (Å²) in [6.45, 7) is 7.51. The summed E-state index contributed by atoms with van der Waals surface area (Å²) in [5.74, 6) is 0.591. The summed E-state index contributed by atoms with van der Waals surface area (Å²) in [5.41, 5.74) is 9.61. The van der Waals surface area contributed by atoms with Crippen LogP contribution < -0.4 is 5.73 Å². The van der Waals surface area contributed by atoms with E-state index in [2.05, 4.69) is 47.1 Å². The number of aromatic nitrogens is 1. The van der Waals surface area contributed by atoms with Crippen molar-refractivity contribution >= 4 is 10.9 Å². The highest BCUT2D eigenvalue weighted by Gasteiger charge is 2.22. The molecule has 0 amide bonds. The van der Waals surface area contributed by atoms with E-state index < -0.39 is 0 Å². The van der Waals surface area contributed by atoms with Gasteiger partial charge in [0, 0.05) is 30.2 Å². The van der Waals surface area contributed by atoms with E-state index >= 15 is 0 Å². The summed E-state index contributed by atoms with van der Waals surface area (Å²) >= 11 is 0. The average Bonchev–Trinajstić information content (AvgIpc) is 2.43. The van der Waals surface area contributed by atoms with Crippen LogP contribution in [0.4, 0.5) is 0 Å². The molecule has 3 nitrogen and oxygen atoms in total. The third-order valence-corrected chi connectivity index (χ3v) is 4.35. The number of hydrogen-bond acceptors (Lipinski definition) is 3. The van der Waals surface area contributed by atoms with Crippen molar-refractivity contribution in [3.8, 4) is 0 Å². The van der Waals surface area contributed by atoms with Crippen molar-refractivity contribution in [1.29, 1.82) is 0 Å². The van der Waals surface area contributed by atoms with Crippen LogP contribution in [0.5, 0.6) is 0 Å². The van der Waals surface area contributed by atoms with Gasteiger partial charge in [0.2, 0.25) is 0 Å². The molecule has 3 rings (SSSR count). The topological polar surface area (TPSA) is 42.1 Å². The Bertz CT molecular complexity index is 608. The molecular weight excluding hydrogens is 246 g/mol. The number of nitrogens with zero attached hydrogens (tertiary/aromatic N) is 2. The number of nitrogens with two attached hydrogens (primary N) is 1. The molecule has 0 spiro atoms. The molecule has 1 aromatic heterocycles. The fraction of sp³-hybridized carbons (Fsp3) is 0.471. The molecule has 0 radical (unpaired) electrons. The molecule has 2 aromatic rings. The van der Waals surface area contributed by atoms with Gasteiger partial charge >= 0.3 is 0 Å². The van der Waals surface area contributed by atoms with Gasteiger partial charge in [-0.05, 0) is 49.6 Å². The van der Waals surface area contributed by atoms with Gasteiger partial charge in [0.25, 0.3) is 0 Å². The number of fused-ring (bicyclic) bond motifs is 1. The Balaban J connectivity index is 1.76. The van der Waals surface area contributed by atoms with Crippen molar-refractivity contribution in [1.82, 2.24) is 9.88 Å². The van der Waals surface area contributed by atoms with Gasteiger partial charge in [-0.15, -0.1) is 0 Å². The third kappa shape index (κ3) is 2.84. The van der Waals surface area contributed by atoms with Crippen molar-refractivity contribution in [3.63, 3.8) is 0 Å². The first-order valence-electron chi connectivity index (χ1n) is 7.46. The lowest BCUT2D eigenvalue weighted by Crippen LogP contribution is -2.45. The number of benzene rings is 1. The summed E-state index contributed by atoms with van der Waals surface area (Å²) in [4.78, 5) is 7.07. The molecule has 0 bridgehead atoms. The number of aryl methyl sites for hydroxylation is 1. The molecule has 1 aromatic carbocycles. The first-order chi connectivity index (χ1) is 9.61. The van der Waals surface area contributed by atoms with E-state index in [-0.39, 0.29) is 0 Å². The van der Waals surface area contributed by atoms with Crippen molar-refractivity contribution < 1.29 is 0 Å². The minimum Gasteiger partial charge on any atom is -0.327 e. The molecule has 2 heterocycles. The molecular formula is C17H23N3. The monoisotopic (exact) mass is 269 g/mol. The average molecular weight is 269 g/mol. The van der Waals surface area contributed by atoms with E-state index in [1.165, 1.54) is 10.9 Å². The molecule has 2 N–H and O–H groups in total. The second-order valence-corrected chi connectivity index (χ2v) is 6.14. The number of hydrogen-bond donors (Lipinski definition) is 1. The Morgan fingerprint density at radius 1 is 1.30 bits per heavy atom. The molecule has 1 saturated heterocycles. The van der Waals surface area contributed by atoms with E-state index in [0.717, 1.165) is 37.3 Å². The highest BCUT2D eigenvalue weighted by atomic mass is 15.1. The molecule has 1 aliphatic rings. The van der Waals surface area contributed by atoms with Crippen LogP contribution >= 0.6 is 0 Å². The van der Waals surface area contributed by atoms with Crippen LogP contribution in [-0.4, -0.2) is 29.0 Å². The van der Waals surface area contributed by atoms with Crippen LogP contribution in [0.2, 0.25) is 0 Å². The Morgan fingerprint density at radius 3 is 2.95 bits per heavy atom. The smallest absolute Gasteiger partial charge is 0.0705 e. The van der Waals surface area contributed by atoms with E-state index in [0.29, 0.717) is 12.0 Å². The standard InChI is InChI=1S/C17H23N3/c1-12-10-20(8-7-16(12)18)11-14-4-6-17-15(9-14)5-3-13(2)19-17/h3-6,9,12,16H,7-8,10-11,18H2,1-2H3. The second-order valence-electron chi connectivity index (χ2n) is 6.14. The molecule has 3 heteroatoms. The largest absolute Gasteiger partial charge is 0.327 e. The third-order valence-electron chi connectivity index (χ3n) is 4.35. The maximum absolute atomic E-state index is 6.09. The number of rotatable bonds is 2. The van der Waals surface area contributed by atoms with E-state index in [1.54, 1.807) is 0 Å². The van der Waals surface area contributed by atoms with Gasteiger partial charge in [-0.3, -0.25) is 9.88 Å². The minimum absolute atomic E-state index is 0.370. The Morgan fingerprint density at radius 2 is 2.15 bits per heavy atom. The highest BCUT2D eigenvalue weighted by molar-refractivity contribution is 5.79. The first kappa shape index (κ1) is 13.5. The predicted molar refractivity (Wildman–Crippen MR) is 83.5 cm³/mol. The van der Waals surface area contributed by atoms with Gasteiger partial charge in [0.1, 0.15) is 0 Å². The normalized spacial score (nSPS) is 24.1. The van der Waals surface area contributed by atoms with Crippen LogP contribution in [0.15, 0.2) is 30.3 Å². The lowest BCUT2D eigenvalue weighted by Gasteiger charge is -2.35. The molecule has 1 fully saturated rings. The van der Waals surface area contributed by atoms with Gasteiger partial charge in [0.05, 0.1) is 5.52 Å². The Kier molecular flexibility index (Phi) is 3.72. The molecule has 2 atom stereocenters. The van der Waals surface area contributed by atoms with Gasteiger partial charge in [-0.2, -0.15) is 0 Å². The molecule has 0 aliphatic carbocycles. The molecule has 2 unspecified atom stereocenters. The summed E-state index contributed by atoms with van der Waals surface area (Å²) in [6, 6.07) is 11.2. The quantitative estimate of drug-likeness (QED) is 0.911. The molecule has 0 saturated carbocycles. The lowest BCUT2D eigenvalue weighted by atomic mass is 9.94. The van der Waals surface area contributed by atoms with Crippen LogP contribution in [0, 0.1) is 12.8 Å². The fourth-order valence-corrected chi connectivity index (χ4v) is 3.03. The van der Waals surface area contributed by atoms with Crippen molar-refractivity contribution in [2.75, 3.05) is 13.1 Å². The van der Waals surface area contributed by atoms with Crippen LogP contribution in [0.1, 0.15) is 24.6 Å². The number of pyridine rings is 1. The van der Waals surface area contributed by atoms with Gasteiger partial charge < -0.3 is 5.73 Å². The van der Waals surface area contributed by atoms with Gasteiger partial charge in [0.15, 0.2) is 0 Å². The fourth-order valence-electron chi connectivity index (χ4n) is 3.03. The minimum atomic E-state index is 0.370. The van der Waals surface area contributed by atoms with Crippen molar-refractivity contribution in [2.24, 2.45) is 11.7 Å². The summed E-state index contributed by atoms with van der Waals surface area (Å²) in [7, 11) is 0. The summed E-state index contributed by atoms with van der Waals surface area (Å²) in [5, 5.41) is 1.23. The second kappa shape index (κ2) is 5.51. The molecule has 106 valence electrons. The van der Waals surface area contributed by atoms with Crippen LogP contribution in [0.25, 0.3) is 10.9 Å². The zero-order valence-electron chi connectivity index (χ0n) is 12.3. The predicted octanol–water partition coefficient (Wildman–Crippen LogP) is 2.71.